The van der Waals surface area contributed by atoms with Crippen LogP contribution in [0.25, 0.3) is 0 Å². The van der Waals surface area contributed by atoms with E-state index in [4.69, 9.17) is 4.74 Å². The molecule has 1 rings (SSSR count). The summed E-state index contributed by atoms with van der Waals surface area (Å²) in [5, 5.41) is 0. The lowest BCUT2D eigenvalue weighted by Crippen LogP contribution is -2.49. The largest absolute Gasteiger partial charge is 0.469 e. The van der Waals surface area contributed by atoms with Gasteiger partial charge in [-0.1, -0.05) is 0 Å². The molecule has 0 aromatic rings. The molecule has 0 spiro atoms. The second kappa shape index (κ2) is 10.5. The van der Waals surface area contributed by atoms with E-state index in [2.05, 4.69) is 4.74 Å². The Morgan fingerprint density at radius 1 is 1.36 bits per heavy atom. The fraction of sp³-hybridized carbons (Fsp3) is 0.800. The van der Waals surface area contributed by atoms with Gasteiger partial charge in [0, 0.05) is 25.1 Å². The molecular formula is C15H25NO5S. The number of amides is 1. The van der Waals surface area contributed by atoms with Crippen molar-refractivity contribution >= 4 is 29.6 Å². The standard InChI is InChI=1S/C15H25NO5S/c1-3-21-15(19)12-6-4-7-13(17)16(12)9-11-22-10-5-8-14(18)20-2/h12H,3-11H2,1-2H3. The first-order chi connectivity index (χ1) is 10.6. The molecule has 1 unspecified atom stereocenters. The van der Waals surface area contributed by atoms with Gasteiger partial charge in [0.25, 0.3) is 0 Å². The first-order valence-electron chi connectivity index (χ1n) is 7.70. The number of piperidine rings is 1. The van der Waals surface area contributed by atoms with Gasteiger partial charge in [-0.2, -0.15) is 11.8 Å². The van der Waals surface area contributed by atoms with E-state index in [0.717, 1.165) is 24.3 Å². The number of hydrogen-bond acceptors (Lipinski definition) is 6. The molecule has 1 fully saturated rings. The summed E-state index contributed by atoms with van der Waals surface area (Å²) >= 11 is 1.67. The molecule has 0 N–H and O–H groups in total. The van der Waals surface area contributed by atoms with Crippen LogP contribution >= 0.6 is 11.8 Å². The Morgan fingerprint density at radius 2 is 2.14 bits per heavy atom. The Kier molecular flexibility index (Phi) is 8.96. The molecule has 1 aliphatic heterocycles. The van der Waals surface area contributed by atoms with Crippen LogP contribution < -0.4 is 0 Å². The normalized spacial score (nSPS) is 18.2. The second-order valence-corrected chi connectivity index (χ2v) is 6.26. The van der Waals surface area contributed by atoms with Crippen molar-refractivity contribution < 1.29 is 23.9 Å². The minimum absolute atomic E-state index is 0.0273. The number of nitrogens with zero attached hydrogens (tertiary/aromatic N) is 1. The Labute approximate surface area is 135 Å². The summed E-state index contributed by atoms with van der Waals surface area (Å²) in [6, 6.07) is -0.433. The minimum Gasteiger partial charge on any atom is -0.469 e. The molecule has 126 valence electrons. The molecule has 7 heteroatoms. The maximum atomic E-state index is 12.0. The van der Waals surface area contributed by atoms with Crippen LogP contribution in [0.15, 0.2) is 0 Å². The summed E-state index contributed by atoms with van der Waals surface area (Å²) in [6.07, 6.45) is 3.09. The van der Waals surface area contributed by atoms with E-state index < -0.39 is 6.04 Å². The van der Waals surface area contributed by atoms with Crippen LogP contribution in [-0.2, 0) is 23.9 Å². The lowest BCUT2D eigenvalue weighted by molar-refractivity contribution is -0.157. The number of methoxy groups -OCH3 is 1. The molecule has 0 bridgehead atoms. The average Bonchev–Trinajstić information content (AvgIpc) is 2.51. The van der Waals surface area contributed by atoms with Gasteiger partial charge in [-0.15, -0.1) is 0 Å². The van der Waals surface area contributed by atoms with Crippen molar-refractivity contribution in [2.75, 3.05) is 31.8 Å². The van der Waals surface area contributed by atoms with Gasteiger partial charge in [-0.3, -0.25) is 9.59 Å². The van der Waals surface area contributed by atoms with Crippen LogP contribution in [-0.4, -0.2) is 60.6 Å². The summed E-state index contributed by atoms with van der Waals surface area (Å²) in [6.45, 7) is 2.65. The van der Waals surface area contributed by atoms with Crippen LogP contribution in [0.4, 0.5) is 0 Å². The van der Waals surface area contributed by atoms with Gasteiger partial charge in [0.1, 0.15) is 6.04 Å². The third-order valence-electron chi connectivity index (χ3n) is 3.50. The van der Waals surface area contributed by atoms with Crippen molar-refractivity contribution in [1.82, 2.24) is 4.90 Å². The van der Waals surface area contributed by atoms with Crippen molar-refractivity contribution in [3.63, 3.8) is 0 Å². The number of carbonyl (C=O) groups is 3. The zero-order chi connectivity index (χ0) is 16.4. The quantitative estimate of drug-likeness (QED) is 0.472. The van der Waals surface area contributed by atoms with Gasteiger partial charge in [-0.25, -0.2) is 4.79 Å². The molecule has 0 radical (unpaired) electrons. The summed E-state index contributed by atoms with van der Waals surface area (Å²) in [4.78, 5) is 36.6. The van der Waals surface area contributed by atoms with E-state index in [1.54, 1.807) is 23.6 Å². The predicted octanol–water partition coefficient (Wildman–Crippen LogP) is 1.62. The number of hydrogen-bond donors (Lipinski definition) is 0. The number of likely N-dealkylation sites (tertiary alicyclic amines) is 1. The van der Waals surface area contributed by atoms with Gasteiger partial charge < -0.3 is 14.4 Å². The highest BCUT2D eigenvalue weighted by Gasteiger charge is 2.33. The van der Waals surface area contributed by atoms with Crippen molar-refractivity contribution in [3.05, 3.63) is 0 Å². The molecule has 1 heterocycles. The summed E-state index contributed by atoms with van der Waals surface area (Å²) in [7, 11) is 1.38. The highest BCUT2D eigenvalue weighted by atomic mass is 32.2. The van der Waals surface area contributed by atoms with Gasteiger partial charge in [0.2, 0.25) is 5.91 Å². The molecule has 1 saturated heterocycles. The molecule has 0 aliphatic carbocycles. The van der Waals surface area contributed by atoms with Gasteiger partial charge in [0.05, 0.1) is 13.7 Å². The second-order valence-electron chi connectivity index (χ2n) is 5.04. The molecule has 1 aliphatic rings. The summed E-state index contributed by atoms with van der Waals surface area (Å²) in [5.41, 5.74) is 0. The van der Waals surface area contributed by atoms with E-state index in [9.17, 15) is 14.4 Å². The Balaban J connectivity index is 2.32. The molecular weight excluding hydrogens is 306 g/mol. The lowest BCUT2D eigenvalue weighted by Gasteiger charge is -2.33. The number of ether oxygens (including phenoxy) is 2. The van der Waals surface area contributed by atoms with Crippen LogP contribution in [0.1, 0.15) is 39.0 Å². The minimum atomic E-state index is -0.433. The smallest absolute Gasteiger partial charge is 0.328 e. The molecule has 22 heavy (non-hydrogen) atoms. The van der Waals surface area contributed by atoms with E-state index in [1.165, 1.54) is 7.11 Å². The van der Waals surface area contributed by atoms with Crippen molar-refractivity contribution in [2.45, 2.75) is 45.1 Å². The molecule has 0 aromatic carbocycles. The lowest BCUT2D eigenvalue weighted by atomic mass is 10.0. The highest BCUT2D eigenvalue weighted by molar-refractivity contribution is 7.99. The van der Waals surface area contributed by atoms with Crippen LogP contribution in [0, 0.1) is 0 Å². The van der Waals surface area contributed by atoms with E-state index in [0.29, 0.717) is 32.4 Å². The maximum absolute atomic E-state index is 12.0. The highest BCUT2D eigenvalue weighted by Crippen LogP contribution is 2.20. The third-order valence-corrected chi connectivity index (χ3v) is 4.55. The number of carbonyl (C=O) groups excluding carboxylic acids is 3. The van der Waals surface area contributed by atoms with Crippen LogP contribution in [0.5, 0.6) is 0 Å². The number of thioether (sulfide) groups is 1. The average molecular weight is 331 g/mol. The molecule has 0 aromatic heterocycles. The fourth-order valence-electron chi connectivity index (χ4n) is 2.37. The summed E-state index contributed by atoms with van der Waals surface area (Å²) < 4.78 is 9.63. The summed E-state index contributed by atoms with van der Waals surface area (Å²) in [5.74, 6) is 1.11. The zero-order valence-electron chi connectivity index (χ0n) is 13.3. The topological polar surface area (TPSA) is 72.9 Å². The van der Waals surface area contributed by atoms with Crippen LogP contribution in [0.3, 0.4) is 0 Å². The van der Waals surface area contributed by atoms with E-state index >= 15 is 0 Å². The van der Waals surface area contributed by atoms with E-state index in [1.807, 2.05) is 0 Å². The number of esters is 2. The SMILES string of the molecule is CCOC(=O)C1CCCC(=O)N1CCSCCCC(=O)OC. The van der Waals surface area contributed by atoms with Crippen molar-refractivity contribution in [1.29, 1.82) is 0 Å². The van der Waals surface area contributed by atoms with Gasteiger partial charge in [-0.05, 0) is 31.9 Å². The molecule has 1 atom stereocenters. The van der Waals surface area contributed by atoms with Crippen molar-refractivity contribution in [2.24, 2.45) is 0 Å². The Morgan fingerprint density at radius 3 is 2.82 bits per heavy atom. The predicted molar refractivity (Wildman–Crippen MR) is 84.6 cm³/mol. The first-order valence-corrected chi connectivity index (χ1v) is 8.86. The molecule has 6 nitrogen and oxygen atoms in total. The maximum Gasteiger partial charge on any atom is 0.328 e. The third kappa shape index (κ3) is 6.25. The zero-order valence-corrected chi connectivity index (χ0v) is 14.2. The van der Waals surface area contributed by atoms with Gasteiger partial charge in [0.15, 0.2) is 0 Å². The van der Waals surface area contributed by atoms with E-state index in [-0.39, 0.29) is 17.8 Å². The Bertz CT molecular complexity index is 388. The monoisotopic (exact) mass is 331 g/mol. The van der Waals surface area contributed by atoms with Crippen molar-refractivity contribution in [3.8, 4) is 0 Å². The first kappa shape index (κ1) is 18.8. The van der Waals surface area contributed by atoms with Crippen LogP contribution in [0.2, 0.25) is 0 Å². The Hall–Kier alpha value is -1.24. The number of rotatable bonds is 9. The molecule has 1 amide bonds. The fourth-order valence-corrected chi connectivity index (χ4v) is 3.25. The molecule has 0 saturated carbocycles. The van der Waals surface area contributed by atoms with Gasteiger partial charge >= 0.3 is 11.9 Å².